The Hall–Kier alpha value is -2.57. The molecule has 2 aromatic carbocycles. The topological polar surface area (TPSA) is 75.3 Å². The van der Waals surface area contributed by atoms with E-state index >= 15 is 0 Å². The molecule has 0 saturated carbocycles. The summed E-state index contributed by atoms with van der Waals surface area (Å²) in [4.78, 5) is 8.54. The number of aliphatic imine (C=N–C) groups is 1. The number of benzene rings is 2. The van der Waals surface area contributed by atoms with Gasteiger partial charge in [-0.05, 0) is 42.0 Å². The lowest BCUT2D eigenvalue weighted by atomic mass is 10.2. The Morgan fingerprint density at radius 3 is 2.23 bits per heavy atom. The van der Waals surface area contributed by atoms with Gasteiger partial charge in [-0.1, -0.05) is 40.5 Å². The molecule has 0 aliphatic rings. The summed E-state index contributed by atoms with van der Waals surface area (Å²) >= 11 is 11.8. The van der Waals surface area contributed by atoms with Gasteiger partial charge in [0.15, 0.2) is 5.96 Å². The lowest BCUT2D eigenvalue weighted by Gasteiger charge is -2.10. The minimum absolute atomic E-state index is 0.362. The zero-order chi connectivity index (χ0) is 18.4. The van der Waals surface area contributed by atoms with Crippen LogP contribution < -0.4 is 10.6 Å². The van der Waals surface area contributed by atoms with Crippen molar-refractivity contribution in [1.29, 1.82) is 0 Å². The van der Waals surface area contributed by atoms with Crippen LogP contribution >= 0.6 is 23.2 Å². The first-order chi connectivity index (χ1) is 12.6. The van der Waals surface area contributed by atoms with Crippen LogP contribution in [-0.2, 0) is 13.1 Å². The second-order valence-electron chi connectivity index (χ2n) is 5.42. The smallest absolute Gasteiger partial charge is 0.246 e. The van der Waals surface area contributed by atoms with Crippen molar-refractivity contribution >= 4 is 29.2 Å². The average Bonchev–Trinajstić information content (AvgIpc) is 3.13. The molecule has 6 nitrogen and oxygen atoms in total. The third kappa shape index (κ3) is 4.97. The maximum Gasteiger partial charge on any atom is 0.246 e. The zero-order valence-electron chi connectivity index (χ0n) is 14.0. The number of aromatic nitrogens is 2. The molecule has 1 aromatic heterocycles. The van der Waals surface area contributed by atoms with E-state index in [9.17, 15) is 0 Å². The van der Waals surface area contributed by atoms with E-state index < -0.39 is 0 Å². The monoisotopic (exact) mass is 389 g/mol. The van der Waals surface area contributed by atoms with Crippen LogP contribution in [0.25, 0.3) is 11.4 Å². The number of nitrogens with zero attached hydrogens (tertiary/aromatic N) is 3. The Morgan fingerprint density at radius 1 is 0.962 bits per heavy atom. The second kappa shape index (κ2) is 8.69. The van der Waals surface area contributed by atoms with Gasteiger partial charge in [0, 0.05) is 29.2 Å². The quantitative estimate of drug-likeness (QED) is 0.510. The Labute approximate surface area is 161 Å². The van der Waals surface area contributed by atoms with Gasteiger partial charge < -0.3 is 15.2 Å². The van der Waals surface area contributed by atoms with Crippen LogP contribution in [-0.4, -0.2) is 23.1 Å². The molecule has 0 unspecified atom stereocenters. The first-order valence-electron chi connectivity index (χ1n) is 7.91. The van der Waals surface area contributed by atoms with Gasteiger partial charge in [-0.15, -0.1) is 0 Å². The molecule has 0 amide bonds. The minimum Gasteiger partial charge on any atom is -0.352 e. The molecule has 0 saturated heterocycles. The van der Waals surface area contributed by atoms with Gasteiger partial charge in [0.25, 0.3) is 0 Å². The Kier molecular flexibility index (Phi) is 6.09. The molecular weight excluding hydrogens is 373 g/mol. The Morgan fingerprint density at radius 2 is 1.58 bits per heavy atom. The highest BCUT2D eigenvalue weighted by Crippen LogP contribution is 2.18. The van der Waals surface area contributed by atoms with E-state index in [0.29, 0.717) is 40.8 Å². The van der Waals surface area contributed by atoms with Crippen molar-refractivity contribution in [3.05, 3.63) is 70.0 Å². The van der Waals surface area contributed by atoms with Crippen molar-refractivity contribution in [2.24, 2.45) is 4.99 Å². The average molecular weight is 390 g/mol. The van der Waals surface area contributed by atoms with Crippen LogP contribution in [0.2, 0.25) is 10.0 Å². The molecule has 26 heavy (non-hydrogen) atoms. The van der Waals surface area contributed by atoms with Crippen LogP contribution in [0.1, 0.15) is 11.5 Å². The lowest BCUT2D eigenvalue weighted by Crippen LogP contribution is -2.36. The molecule has 0 spiro atoms. The summed E-state index contributed by atoms with van der Waals surface area (Å²) < 4.78 is 5.27. The SMILES string of the molecule is CN=C(NCc1ccc(Cl)cc1)NCc1nc(-c2ccc(Cl)cc2)no1. The van der Waals surface area contributed by atoms with Crippen molar-refractivity contribution in [3.8, 4) is 11.4 Å². The third-order valence-corrected chi connectivity index (χ3v) is 4.08. The molecule has 3 aromatic rings. The van der Waals surface area contributed by atoms with Crippen LogP contribution in [0.4, 0.5) is 0 Å². The van der Waals surface area contributed by atoms with Gasteiger partial charge in [-0.3, -0.25) is 4.99 Å². The van der Waals surface area contributed by atoms with E-state index in [2.05, 4.69) is 25.8 Å². The molecule has 0 radical (unpaired) electrons. The van der Waals surface area contributed by atoms with E-state index in [1.165, 1.54) is 0 Å². The van der Waals surface area contributed by atoms with Crippen LogP contribution in [0.3, 0.4) is 0 Å². The molecule has 2 N–H and O–H groups in total. The predicted octanol–water partition coefficient (Wildman–Crippen LogP) is 3.91. The van der Waals surface area contributed by atoms with E-state index in [0.717, 1.165) is 11.1 Å². The van der Waals surface area contributed by atoms with Crippen LogP contribution in [0, 0.1) is 0 Å². The third-order valence-electron chi connectivity index (χ3n) is 3.57. The molecule has 134 valence electrons. The van der Waals surface area contributed by atoms with Crippen LogP contribution in [0.15, 0.2) is 58.0 Å². The number of guanidine groups is 1. The van der Waals surface area contributed by atoms with Crippen molar-refractivity contribution in [1.82, 2.24) is 20.8 Å². The zero-order valence-corrected chi connectivity index (χ0v) is 15.6. The molecule has 3 rings (SSSR count). The van der Waals surface area contributed by atoms with E-state index in [4.69, 9.17) is 27.7 Å². The summed E-state index contributed by atoms with van der Waals surface area (Å²) in [7, 11) is 1.70. The first-order valence-corrected chi connectivity index (χ1v) is 8.67. The highest BCUT2D eigenvalue weighted by Gasteiger charge is 2.09. The fourth-order valence-electron chi connectivity index (χ4n) is 2.21. The number of rotatable bonds is 5. The number of halogens is 2. The van der Waals surface area contributed by atoms with Gasteiger partial charge >= 0.3 is 0 Å². The number of hydrogen-bond donors (Lipinski definition) is 2. The molecule has 8 heteroatoms. The highest BCUT2D eigenvalue weighted by molar-refractivity contribution is 6.30. The fourth-order valence-corrected chi connectivity index (χ4v) is 2.46. The normalized spacial score (nSPS) is 11.4. The molecular formula is C18H17Cl2N5O. The fraction of sp³-hybridized carbons (Fsp3) is 0.167. The minimum atomic E-state index is 0.362. The standard InChI is InChI=1S/C18H17Cl2N5O/c1-21-18(22-10-12-2-6-14(19)7-3-12)23-11-16-24-17(25-26-16)13-4-8-15(20)9-5-13/h2-9H,10-11H2,1H3,(H2,21,22,23). The van der Waals surface area contributed by atoms with E-state index in [1.54, 1.807) is 19.2 Å². The summed E-state index contributed by atoms with van der Waals surface area (Å²) in [6.45, 7) is 0.984. The molecule has 1 heterocycles. The van der Waals surface area contributed by atoms with E-state index in [-0.39, 0.29) is 0 Å². The molecule has 0 bridgehead atoms. The summed E-state index contributed by atoms with van der Waals surface area (Å²) in [6, 6.07) is 14.9. The van der Waals surface area contributed by atoms with Gasteiger partial charge in [0.05, 0.1) is 6.54 Å². The maximum atomic E-state index is 5.89. The van der Waals surface area contributed by atoms with Crippen molar-refractivity contribution in [2.75, 3.05) is 7.05 Å². The summed E-state index contributed by atoms with van der Waals surface area (Å²) in [5, 5.41) is 11.7. The Balaban J connectivity index is 1.54. The highest BCUT2D eigenvalue weighted by atomic mass is 35.5. The maximum absolute atomic E-state index is 5.89. The van der Waals surface area contributed by atoms with E-state index in [1.807, 2.05) is 36.4 Å². The second-order valence-corrected chi connectivity index (χ2v) is 6.30. The number of nitrogens with one attached hydrogen (secondary N) is 2. The molecule has 0 aliphatic carbocycles. The van der Waals surface area contributed by atoms with Gasteiger partial charge in [0.2, 0.25) is 11.7 Å². The Bertz CT molecular complexity index is 875. The van der Waals surface area contributed by atoms with Gasteiger partial charge in [-0.25, -0.2) is 0 Å². The lowest BCUT2D eigenvalue weighted by molar-refractivity contribution is 0.375. The first kappa shape index (κ1) is 18.2. The summed E-state index contributed by atoms with van der Waals surface area (Å²) in [5.74, 6) is 1.61. The van der Waals surface area contributed by atoms with Crippen molar-refractivity contribution in [3.63, 3.8) is 0 Å². The molecule has 0 atom stereocenters. The van der Waals surface area contributed by atoms with Crippen molar-refractivity contribution < 1.29 is 4.52 Å². The predicted molar refractivity (Wildman–Crippen MR) is 103 cm³/mol. The molecule has 0 aliphatic heterocycles. The van der Waals surface area contributed by atoms with Crippen LogP contribution in [0.5, 0.6) is 0 Å². The van der Waals surface area contributed by atoms with Gasteiger partial charge in [0.1, 0.15) is 0 Å². The summed E-state index contributed by atoms with van der Waals surface area (Å²) in [5.41, 5.74) is 1.94. The molecule has 0 fully saturated rings. The number of hydrogen-bond acceptors (Lipinski definition) is 4. The van der Waals surface area contributed by atoms with Crippen molar-refractivity contribution in [2.45, 2.75) is 13.1 Å². The van der Waals surface area contributed by atoms with Gasteiger partial charge in [-0.2, -0.15) is 4.98 Å². The largest absolute Gasteiger partial charge is 0.352 e. The summed E-state index contributed by atoms with van der Waals surface area (Å²) in [6.07, 6.45) is 0.